The Morgan fingerprint density at radius 2 is 2.10 bits per heavy atom. The second-order valence-electron chi connectivity index (χ2n) is 6.41. The number of amides is 1. The minimum absolute atomic E-state index is 0.0133. The molecule has 0 aliphatic carbocycles. The molecule has 5 nitrogen and oxygen atoms in total. The Morgan fingerprint density at radius 3 is 2.70 bits per heavy atom. The van der Waals surface area contributed by atoms with Crippen LogP contribution in [0.4, 0.5) is 0 Å². The highest BCUT2D eigenvalue weighted by Crippen LogP contribution is 2.32. The maximum absolute atomic E-state index is 12.3. The van der Waals surface area contributed by atoms with E-state index in [1.54, 1.807) is 0 Å². The van der Waals surface area contributed by atoms with Gasteiger partial charge in [-0.15, -0.1) is 0 Å². The third kappa shape index (κ3) is 2.87. The molecule has 1 aromatic heterocycles. The van der Waals surface area contributed by atoms with Crippen molar-refractivity contribution in [3.63, 3.8) is 0 Å². The van der Waals surface area contributed by atoms with Crippen molar-refractivity contribution < 1.29 is 4.79 Å². The van der Waals surface area contributed by atoms with Crippen LogP contribution in [0.3, 0.4) is 0 Å². The second-order valence-corrected chi connectivity index (χ2v) is 6.41. The molecule has 1 saturated heterocycles. The SMILES string of the molecule is CC(C)CN1C(=O)CCC(N)C1c1cncn1C(C)C. The zero-order chi connectivity index (χ0) is 14.9. The average molecular weight is 278 g/mol. The summed E-state index contributed by atoms with van der Waals surface area (Å²) >= 11 is 0. The molecule has 2 N–H and O–H groups in total. The number of hydrogen-bond donors (Lipinski definition) is 1. The minimum atomic E-state index is -0.0523. The molecule has 1 aromatic rings. The van der Waals surface area contributed by atoms with E-state index in [2.05, 4.69) is 37.2 Å². The molecule has 1 aliphatic heterocycles. The van der Waals surface area contributed by atoms with E-state index in [0.717, 1.165) is 18.7 Å². The maximum atomic E-state index is 12.3. The molecule has 0 radical (unpaired) electrons. The highest BCUT2D eigenvalue weighted by atomic mass is 16.2. The molecule has 0 saturated carbocycles. The van der Waals surface area contributed by atoms with Crippen LogP contribution >= 0.6 is 0 Å². The van der Waals surface area contributed by atoms with Crippen molar-refractivity contribution in [3.8, 4) is 0 Å². The van der Waals surface area contributed by atoms with Crippen LogP contribution in [-0.2, 0) is 4.79 Å². The van der Waals surface area contributed by atoms with Crippen LogP contribution in [0.25, 0.3) is 0 Å². The van der Waals surface area contributed by atoms with Crippen molar-refractivity contribution in [2.24, 2.45) is 11.7 Å². The first-order valence-electron chi connectivity index (χ1n) is 7.48. The molecular weight excluding hydrogens is 252 g/mol. The molecule has 0 bridgehead atoms. The number of carbonyl (C=O) groups excluding carboxylic acids is 1. The van der Waals surface area contributed by atoms with E-state index in [4.69, 9.17) is 5.73 Å². The average Bonchev–Trinajstić information content (AvgIpc) is 2.82. The van der Waals surface area contributed by atoms with E-state index >= 15 is 0 Å². The lowest BCUT2D eigenvalue weighted by Gasteiger charge is -2.41. The first-order chi connectivity index (χ1) is 9.41. The van der Waals surface area contributed by atoms with Gasteiger partial charge in [0.2, 0.25) is 5.91 Å². The van der Waals surface area contributed by atoms with Crippen molar-refractivity contribution in [2.45, 2.75) is 58.7 Å². The molecule has 2 rings (SSSR count). The van der Waals surface area contributed by atoms with Crippen LogP contribution in [0.15, 0.2) is 12.5 Å². The Bertz CT molecular complexity index is 466. The van der Waals surface area contributed by atoms with Crippen LogP contribution in [0.2, 0.25) is 0 Å². The lowest BCUT2D eigenvalue weighted by molar-refractivity contribution is -0.138. The van der Waals surface area contributed by atoms with Gasteiger partial charge in [-0.25, -0.2) is 4.98 Å². The number of imidazole rings is 1. The number of rotatable bonds is 4. The maximum Gasteiger partial charge on any atom is 0.223 e. The summed E-state index contributed by atoms with van der Waals surface area (Å²) in [6.45, 7) is 9.25. The normalized spacial score (nSPS) is 23.9. The van der Waals surface area contributed by atoms with E-state index in [1.165, 1.54) is 0 Å². The van der Waals surface area contributed by atoms with Crippen LogP contribution in [-0.4, -0.2) is 32.9 Å². The third-order valence-electron chi connectivity index (χ3n) is 3.87. The van der Waals surface area contributed by atoms with E-state index in [0.29, 0.717) is 18.4 Å². The number of likely N-dealkylation sites (tertiary alicyclic amines) is 1. The molecule has 1 amide bonds. The summed E-state index contributed by atoms with van der Waals surface area (Å²) in [7, 11) is 0. The number of carbonyl (C=O) groups is 1. The second kappa shape index (κ2) is 5.95. The summed E-state index contributed by atoms with van der Waals surface area (Å²) in [5.41, 5.74) is 7.39. The first kappa shape index (κ1) is 15.0. The van der Waals surface area contributed by atoms with Gasteiger partial charge in [-0.3, -0.25) is 4.79 Å². The number of nitrogens with two attached hydrogens (primary N) is 1. The molecule has 5 heteroatoms. The Morgan fingerprint density at radius 1 is 1.40 bits per heavy atom. The Hall–Kier alpha value is -1.36. The Kier molecular flexibility index (Phi) is 4.48. The van der Waals surface area contributed by atoms with E-state index in [1.807, 2.05) is 17.4 Å². The van der Waals surface area contributed by atoms with Crippen LogP contribution < -0.4 is 5.73 Å². The lowest BCUT2D eigenvalue weighted by atomic mass is 9.92. The van der Waals surface area contributed by atoms with Crippen molar-refractivity contribution in [2.75, 3.05) is 6.54 Å². The lowest BCUT2D eigenvalue weighted by Crippen LogP contribution is -2.50. The largest absolute Gasteiger partial charge is 0.332 e. The molecule has 0 spiro atoms. The molecule has 1 aliphatic rings. The molecule has 2 atom stereocenters. The van der Waals surface area contributed by atoms with E-state index in [-0.39, 0.29) is 18.0 Å². The van der Waals surface area contributed by atoms with Gasteiger partial charge in [-0.1, -0.05) is 13.8 Å². The van der Waals surface area contributed by atoms with Crippen molar-refractivity contribution in [3.05, 3.63) is 18.2 Å². The highest BCUT2D eigenvalue weighted by molar-refractivity contribution is 5.77. The fraction of sp³-hybridized carbons (Fsp3) is 0.733. The first-order valence-corrected chi connectivity index (χ1v) is 7.48. The predicted octanol–water partition coefficient (Wildman–Crippen LogP) is 2.11. The van der Waals surface area contributed by atoms with Gasteiger partial charge in [0.1, 0.15) is 0 Å². The fourth-order valence-electron chi connectivity index (χ4n) is 2.94. The molecule has 1 fully saturated rings. The topological polar surface area (TPSA) is 64.2 Å². The number of hydrogen-bond acceptors (Lipinski definition) is 3. The summed E-state index contributed by atoms with van der Waals surface area (Å²) in [6.07, 6.45) is 5.00. The van der Waals surface area contributed by atoms with Gasteiger partial charge in [0.15, 0.2) is 0 Å². The number of nitrogens with zero attached hydrogens (tertiary/aromatic N) is 3. The summed E-state index contributed by atoms with van der Waals surface area (Å²) < 4.78 is 2.12. The van der Waals surface area contributed by atoms with Crippen molar-refractivity contribution in [1.29, 1.82) is 0 Å². The fourth-order valence-corrected chi connectivity index (χ4v) is 2.94. The van der Waals surface area contributed by atoms with Crippen LogP contribution in [0, 0.1) is 5.92 Å². The van der Waals surface area contributed by atoms with Gasteiger partial charge < -0.3 is 15.2 Å². The molecular formula is C15H26N4O. The van der Waals surface area contributed by atoms with Crippen molar-refractivity contribution >= 4 is 5.91 Å². The smallest absolute Gasteiger partial charge is 0.223 e. The highest BCUT2D eigenvalue weighted by Gasteiger charge is 2.37. The third-order valence-corrected chi connectivity index (χ3v) is 3.87. The Labute approximate surface area is 121 Å². The van der Waals surface area contributed by atoms with Gasteiger partial charge in [-0.2, -0.15) is 0 Å². The molecule has 112 valence electrons. The van der Waals surface area contributed by atoms with Crippen LogP contribution in [0.5, 0.6) is 0 Å². The molecule has 2 heterocycles. The van der Waals surface area contributed by atoms with Gasteiger partial charge in [0, 0.05) is 25.0 Å². The molecule has 20 heavy (non-hydrogen) atoms. The van der Waals surface area contributed by atoms with Crippen molar-refractivity contribution in [1.82, 2.24) is 14.5 Å². The standard InChI is InChI=1S/C15H26N4O/c1-10(2)8-18-14(20)6-5-12(16)15(18)13-7-17-9-19(13)11(3)4/h7,9-12,15H,5-6,8,16H2,1-4H3. The van der Waals surface area contributed by atoms with E-state index in [9.17, 15) is 4.79 Å². The summed E-state index contributed by atoms with van der Waals surface area (Å²) in [5.74, 6) is 0.643. The number of aromatic nitrogens is 2. The predicted molar refractivity (Wildman–Crippen MR) is 79.1 cm³/mol. The van der Waals surface area contributed by atoms with Gasteiger partial charge in [0.25, 0.3) is 0 Å². The van der Waals surface area contributed by atoms with Gasteiger partial charge in [-0.05, 0) is 26.2 Å². The quantitative estimate of drug-likeness (QED) is 0.917. The molecule has 2 unspecified atom stereocenters. The summed E-state index contributed by atoms with van der Waals surface area (Å²) in [6, 6.07) is 0.252. The zero-order valence-corrected chi connectivity index (χ0v) is 12.9. The number of piperidine rings is 1. The monoisotopic (exact) mass is 278 g/mol. The van der Waals surface area contributed by atoms with E-state index < -0.39 is 0 Å². The summed E-state index contributed by atoms with van der Waals surface area (Å²) in [4.78, 5) is 18.5. The van der Waals surface area contributed by atoms with Gasteiger partial charge >= 0.3 is 0 Å². The summed E-state index contributed by atoms with van der Waals surface area (Å²) in [5, 5.41) is 0. The minimum Gasteiger partial charge on any atom is -0.332 e. The zero-order valence-electron chi connectivity index (χ0n) is 12.9. The van der Waals surface area contributed by atoms with Crippen LogP contribution in [0.1, 0.15) is 58.3 Å². The van der Waals surface area contributed by atoms with Gasteiger partial charge in [0.05, 0.1) is 24.3 Å². The molecule has 0 aromatic carbocycles. The Balaban J connectivity index is 2.37.